The van der Waals surface area contributed by atoms with Gasteiger partial charge in [-0.25, -0.2) is 0 Å². The van der Waals surface area contributed by atoms with Crippen LogP contribution in [0.4, 0.5) is 0 Å². The third kappa shape index (κ3) is 7.16. The van der Waals surface area contributed by atoms with Crippen molar-refractivity contribution in [2.75, 3.05) is 13.7 Å². The maximum Gasteiger partial charge on any atom is 0.255 e. The van der Waals surface area contributed by atoms with Gasteiger partial charge >= 0.3 is 0 Å². The summed E-state index contributed by atoms with van der Waals surface area (Å²) in [6.45, 7) is 2.98. The van der Waals surface area contributed by atoms with Crippen molar-refractivity contribution in [1.29, 1.82) is 0 Å². The van der Waals surface area contributed by atoms with Gasteiger partial charge in [-0.3, -0.25) is 4.79 Å². The minimum Gasteiger partial charge on any atom is -0.496 e. The number of carbonyl (C=O) groups is 1. The highest BCUT2D eigenvalue weighted by atomic mass is 16.5. The van der Waals surface area contributed by atoms with E-state index < -0.39 is 0 Å². The number of hydrogen-bond donors (Lipinski definition) is 1. The first-order valence-electron chi connectivity index (χ1n) is 8.20. The summed E-state index contributed by atoms with van der Waals surface area (Å²) in [5, 5.41) is 2.97. The molecule has 3 heteroatoms. The van der Waals surface area contributed by atoms with E-state index in [4.69, 9.17) is 4.74 Å². The fourth-order valence-electron chi connectivity index (χ4n) is 2.39. The highest BCUT2D eigenvalue weighted by Crippen LogP contribution is 2.16. The monoisotopic (exact) mass is 291 g/mol. The number of carbonyl (C=O) groups excluding carboxylic acids is 1. The van der Waals surface area contributed by atoms with Gasteiger partial charge in [0.25, 0.3) is 5.91 Å². The van der Waals surface area contributed by atoms with Crippen molar-refractivity contribution in [3.63, 3.8) is 0 Å². The largest absolute Gasteiger partial charge is 0.496 e. The molecule has 0 aliphatic carbocycles. The predicted molar refractivity (Wildman–Crippen MR) is 87.9 cm³/mol. The molecule has 21 heavy (non-hydrogen) atoms. The van der Waals surface area contributed by atoms with Gasteiger partial charge in [0.2, 0.25) is 0 Å². The minimum atomic E-state index is -0.0459. The van der Waals surface area contributed by atoms with Crippen molar-refractivity contribution in [2.24, 2.45) is 0 Å². The SMILES string of the molecule is CCCCCCCCCCNC(=O)c1ccccc1OC. The molecule has 0 aliphatic heterocycles. The van der Waals surface area contributed by atoms with Crippen LogP contribution in [0.25, 0.3) is 0 Å². The third-order valence-corrected chi connectivity index (χ3v) is 3.67. The number of unbranched alkanes of at least 4 members (excludes halogenated alkanes) is 7. The molecule has 0 fully saturated rings. The van der Waals surface area contributed by atoms with Crippen LogP contribution in [0, 0.1) is 0 Å². The Morgan fingerprint density at radius 3 is 2.29 bits per heavy atom. The van der Waals surface area contributed by atoms with Gasteiger partial charge in [-0.05, 0) is 18.6 Å². The average Bonchev–Trinajstić information content (AvgIpc) is 2.53. The normalized spacial score (nSPS) is 10.4. The second-order valence-electron chi connectivity index (χ2n) is 5.43. The van der Waals surface area contributed by atoms with E-state index in [9.17, 15) is 4.79 Å². The fraction of sp³-hybridized carbons (Fsp3) is 0.611. The van der Waals surface area contributed by atoms with Crippen LogP contribution in [0.2, 0.25) is 0 Å². The quantitative estimate of drug-likeness (QED) is 0.607. The highest BCUT2D eigenvalue weighted by molar-refractivity contribution is 5.96. The van der Waals surface area contributed by atoms with E-state index in [0.29, 0.717) is 11.3 Å². The van der Waals surface area contributed by atoms with Crippen LogP contribution in [-0.2, 0) is 0 Å². The van der Waals surface area contributed by atoms with Crippen molar-refractivity contribution in [2.45, 2.75) is 58.3 Å². The molecule has 1 aromatic rings. The molecule has 0 saturated heterocycles. The first-order chi connectivity index (χ1) is 10.3. The Labute approximate surface area is 129 Å². The summed E-state index contributed by atoms with van der Waals surface area (Å²) in [6.07, 6.45) is 10.2. The average molecular weight is 291 g/mol. The van der Waals surface area contributed by atoms with E-state index in [0.717, 1.165) is 13.0 Å². The van der Waals surface area contributed by atoms with Crippen LogP contribution in [0.3, 0.4) is 0 Å². The van der Waals surface area contributed by atoms with Crippen LogP contribution in [0.15, 0.2) is 24.3 Å². The number of ether oxygens (including phenoxy) is 1. The molecule has 1 rings (SSSR count). The van der Waals surface area contributed by atoms with E-state index in [-0.39, 0.29) is 5.91 Å². The highest BCUT2D eigenvalue weighted by Gasteiger charge is 2.09. The lowest BCUT2D eigenvalue weighted by Crippen LogP contribution is -2.24. The summed E-state index contributed by atoms with van der Waals surface area (Å²) in [4.78, 5) is 12.0. The van der Waals surface area contributed by atoms with Crippen molar-refractivity contribution < 1.29 is 9.53 Å². The van der Waals surface area contributed by atoms with Crippen molar-refractivity contribution in [1.82, 2.24) is 5.32 Å². The van der Waals surface area contributed by atoms with Crippen molar-refractivity contribution >= 4 is 5.91 Å². The van der Waals surface area contributed by atoms with Crippen molar-refractivity contribution in [3.05, 3.63) is 29.8 Å². The standard InChI is InChI=1S/C18H29NO2/c1-3-4-5-6-7-8-9-12-15-19-18(20)16-13-10-11-14-17(16)21-2/h10-11,13-14H,3-9,12,15H2,1-2H3,(H,19,20). The van der Waals surface area contributed by atoms with E-state index >= 15 is 0 Å². The lowest BCUT2D eigenvalue weighted by atomic mass is 10.1. The number of para-hydroxylation sites is 1. The van der Waals surface area contributed by atoms with E-state index in [1.165, 1.54) is 44.9 Å². The van der Waals surface area contributed by atoms with Crippen LogP contribution in [-0.4, -0.2) is 19.6 Å². The molecule has 0 spiro atoms. The Morgan fingerprint density at radius 1 is 1.00 bits per heavy atom. The zero-order valence-electron chi connectivity index (χ0n) is 13.5. The second kappa shape index (κ2) is 11.2. The van der Waals surface area contributed by atoms with Gasteiger partial charge in [0.05, 0.1) is 12.7 Å². The Balaban J connectivity index is 2.11. The molecule has 0 aliphatic rings. The number of methoxy groups -OCH3 is 1. The Bertz CT molecular complexity index is 404. The summed E-state index contributed by atoms with van der Waals surface area (Å²) in [6, 6.07) is 7.33. The molecule has 0 atom stereocenters. The summed E-state index contributed by atoms with van der Waals surface area (Å²) in [7, 11) is 1.59. The van der Waals surface area contributed by atoms with E-state index in [1.54, 1.807) is 13.2 Å². The maximum atomic E-state index is 12.0. The number of rotatable bonds is 11. The molecule has 1 aromatic carbocycles. The Hall–Kier alpha value is -1.51. The molecule has 0 heterocycles. The predicted octanol–water partition coefficient (Wildman–Crippen LogP) is 4.57. The van der Waals surface area contributed by atoms with Gasteiger partial charge < -0.3 is 10.1 Å². The molecule has 0 saturated carbocycles. The van der Waals surface area contributed by atoms with Crippen LogP contribution < -0.4 is 10.1 Å². The molecular formula is C18H29NO2. The van der Waals surface area contributed by atoms with Crippen molar-refractivity contribution in [3.8, 4) is 5.75 Å². The lowest BCUT2D eigenvalue weighted by molar-refractivity contribution is 0.0950. The number of amides is 1. The summed E-state index contributed by atoms with van der Waals surface area (Å²) in [5.74, 6) is 0.585. The first kappa shape index (κ1) is 17.5. The van der Waals surface area contributed by atoms with Gasteiger partial charge in [0.1, 0.15) is 5.75 Å². The first-order valence-corrected chi connectivity index (χ1v) is 8.20. The summed E-state index contributed by atoms with van der Waals surface area (Å²) < 4.78 is 5.20. The molecule has 1 amide bonds. The minimum absolute atomic E-state index is 0.0459. The topological polar surface area (TPSA) is 38.3 Å². The molecule has 0 aromatic heterocycles. The molecular weight excluding hydrogens is 262 g/mol. The lowest BCUT2D eigenvalue weighted by Gasteiger charge is -2.09. The summed E-state index contributed by atoms with van der Waals surface area (Å²) >= 11 is 0. The molecule has 118 valence electrons. The van der Waals surface area contributed by atoms with Gasteiger partial charge in [-0.15, -0.1) is 0 Å². The van der Waals surface area contributed by atoms with Crippen LogP contribution in [0.1, 0.15) is 68.6 Å². The summed E-state index contributed by atoms with van der Waals surface area (Å²) in [5.41, 5.74) is 0.611. The fourth-order valence-corrected chi connectivity index (χ4v) is 2.39. The number of nitrogens with one attached hydrogen (secondary N) is 1. The van der Waals surface area contributed by atoms with Crippen LogP contribution >= 0.6 is 0 Å². The zero-order chi connectivity index (χ0) is 15.3. The molecule has 3 nitrogen and oxygen atoms in total. The second-order valence-corrected chi connectivity index (χ2v) is 5.43. The Kier molecular flexibility index (Phi) is 9.34. The van der Waals surface area contributed by atoms with E-state index in [2.05, 4.69) is 12.2 Å². The molecule has 0 bridgehead atoms. The van der Waals surface area contributed by atoms with Gasteiger partial charge in [-0.1, -0.05) is 64.0 Å². The van der Waals surface area contributed by atoms with Crippen LogP contribution in [0.5, 0.6) is 5.75 Å². The Morgan fingerprint density at radius 2 is 1.62 bits per heavy atom. The third-order valence-electron chi connectivity index (χ3n) is 3.67. The molecule has 0 radical (unpaired) electrons. The van der Waals surface area contributed by atoms with Gasteiger partial charge in [-0.2, -0.15) is 0 Å². The molecule has 1 N–H and O–H groups in total. The molecule has 0 unspecified atom stereocenters. The maximum absolute atomic E-state index is 12.0. The van der Waals surface area contributed by atoms with E-state index in [1.807, 2.05) is 18.2 Å². The van der Waals surface area contributed by atoms with Gasteiger partial charge in [0.15, 0.2) is 0 Å². The zero-order valence-corrected chi connectivity index (χ0v) is 13.5. The van der Waals surface area contributed by atoms with Gasteiger partial charge in [0, 0.05) is 6.54 Å². The smallest absolute Gasteiger partial charge is 0.255 e. The number of benzene rings is 1. The number of hydrogen-bond acceptors (Lipinski definition) is 2.